The number of hydrogen-bond donors (Lipinski definition) is 0. The van der Waals surface area contributed by atoms with Crippen LogP contribution in [0.5, 0.6) is 0 Å². The van der Waals surface area contributed by atoms with E-state index in [0.29, 0.717) is 0 Å². The first-order valence-electron chi connectivity index (χ1n) is 18.7. The van der Waals surface area contributed by atoms with Gasteiger partial charge in [-0.3, -0.25) is 4.57 Å². The molecule has 0 N–H and O–H groups in total. The molecule has 4 heteroatoms. The maximum Gasteiger partial charge on any atom is 0.168 e. The Balaban J connectivity index is 0.973. The van der Waals surface area contributed by atoms with E-state index in [0.717, 1.165) is 45.5 Å². The van der Waals surface area contributed by atoms with Gasteiger partial charge in [0.05, 0.1) is 0 Å². The molecule has 1 heterocycles. The van der Waals surface area contributed by atoms with Crippen LogP contribution in [0.15, 0.2) is 212 Å². The van der Waals surface area contributed by atoms with Gasteiger partial charge >= 0.3 is 0 Å². The molecule has 4 nitrogen and oxygen atoms in total. The van der Waals surface area contributed by atoms with Crippen LogP contribution in [0.25, 0.3) is 50.7 Å². The fraction of sp³-hybridized carbons (Fsp3) is 0.0196. The molecule has 0 saturated heterocycles. The smallest absolute Gasteiger partial charge is 0.168 e. The van der Waals surface area contributed by atoms with Gasteiger partial charge in [0, 0.05) is 39.8 Å². The van der Waals surface area contributed by atoms with E-state index in [2.05, 4.69) is 196 Å². The van der Waals surface area contributed by atoms with Crippen LogP contribution in [0, 0.1) is 0 Å². The zero-order chi connectivity index (χ0) is 36.6. The van der Waals surface area contributed by atoms with Crippen molar-refractivity contribution in [3.8, 4) is 50.7 Å². The molecule has 1 aliphatic rings. The summed E-state index contributed by atoms with van der Waals surface area (Å²) in [6.45, 7) is 0. The number of fused-ring (bicyclic) bond motifs is 3. The minimum Gasteiger partial charge on any atom is -0.311 e. The molecule has 8 aromatic carbocycles. The van der Waals surface area contributed by atoms with Crippen LogP contribution in [0.3, 0.4) is 0 Å². The highest BCUT2D eigenvalue weighted by atomic mass is 15.3. The first-order chi connectivity index (χ1) is 27.3. The second kappa shape index (κ2) is 13.9. The molecule has 10 rings (SSSR count). The van der Waals surface area contributed by atoms with E-state index < -0.39 is 0 Å². The average molecular weight is 705 g/mol. The highest BCUT2D eigenvalue weighted by Crippen LogP contribution is 2.48. The van der Waals surface area contributed by atoms with Crippen molar-refractivity contribution < 1.29 is 0 Å². The van der Waals surface area contributed by atoms with E-state index in [4.69, 9.17) is 0 Å². The van der Waals surface area contributed by atoms with Crippen LogP contribution >= 0.6 is 0 Å². The largest absolute Gasteiger partial charge is 0.311 e. The SMILES string of the molecule is c1ccc(-c2nnc(-c3ccccc3)n2-c2ccc(N(c3ccccc3)c3ccc(-c4ccc(C5c6ccccc6-c6ccccc65)cc4)cc3)cc2)cc1. The van der Waals surface area contributed by atoms with Gasteiger partial charge in [-0.25, -0.2) is 0 Å². The van der Waals surface area contributed by atoms with Crippen molar-refractivity contribution >= 4 is 17.1 Å². The number of para-hydroxylation sites is 1. The summed E-state index contributed by atoms with van der Waals surface area (Å²) < 4.78 is 2.14. The van der Waals surface area contributed by atoms with Crippen LogP contribution in [-0.2, 0) is 0 Å². The van der Waals surface area contributed by atoms with E-state index in [1.54, 1.807) is 0 Å². The lowest BCUT2D eigenvalue weighted by molar-refractivity contribution is 1.02. The Labute approximate surface area is 321 Å². The number of hydrogen-bond acceptors (Lipinski definition) is 3. The summed E-state index contributed by atoms with van der Waals surface area (Å²) in [5, 5.41) is 9.34. The van der Waals surface area contributed by atoms with Crippen LogP contribution in [-0.4, -0.2) is 14.8 Å². The molecule has 260 valence electrons. The summed E-state index contributed by atoms with van der Waals surface area (Å²) in [5.74, 6) is 1.84. The highest BCUT2D eigenvalue weighted by molar-refractivity contribution is 5.82. The zero-order valence-electron chi connectivity index (χ0n) is 30.1. The third kappa shape index (κ3) is 5.91. The lowest BCUT2D eigenvalue weighted by atomic mass is 9.88. The highest BCUT2D eigenvalue weighted by Gasteiger charge is 2.29. The van der Waals surface area contributed by atoms with Crippen molar-refractivity contribution in [2.45, 2.75) is 5.92 Å². The van der Waals surface area contributed by atoms with Crippen LogP contribution < -0.4 is 4.90 Å². The quantitative estimate of drug-likeness (QED) is 0.158. The van der Waals surface area contributed by atoms with E-state index in [1.807, 2.05) is 36.4 Å². The predicted octanol–water partition coefficient (Wildman–Crippen LogP) is 12.9. The number of aromatic nitrogens is 3. The predicted molar refractivity (Wildman–Crippen MR) is 225 cm³/mol. The molecular weight excluding hydrogens is 669 g/mol. The average Bonchev–Trinajstić information content (AvgIpc) is 3.86. The van der Waals surface area contributed by atoms with Crippen molar-refractivity contribution in [3.05, 3.63) is 229 Å². The van der Waals surface area contributed by atoms with Gasteiger partial charge in [-0.05, 0) is 87.5 Å². The van der Waals surface area contributed by atoms with E-state index in [1.165, 1.54) is 38.9 Å². The molecule has 0 spiro atoms. The standard InChI is InChI=1S/C51H36N4/c1-4-14-39(15-5-1)50-52-53-51(40-16-6-2-7-17-40)55(50)44-34-32-43(33-35-44)54(41-18-8-3-9-19-41)42-30-28-37(29-31-42)36-24-26-38(27-25-36)49-47-22-12-10-20-45(47)46-21-11-13-23-48(46)49/h1-35,49H. The van der Waals surface area contributed by atoms with E-state index in [-0.39, 0.29) is 5.92 Å². The Morgan fingerprint density at radius 2 is 0.745 bits per heavy atom. The lowest BCUT2D eigenvalue weighted by Gasteiger charge is -2.26. The molecule has 0 aliphatic heterocycles. The molecule has 0 unspecified atom stereocenters. The molecule has 0 atom stereocenters. The van der Waals surface area contributed by atoms with Gasteiger partial charge in [-0.1, -0.05) is 164 Å². The molecule has 0 saturated carbocycles. The normalized spacial score (nSPS) is 11.9. The Kier molecular flexibility index (Phi) is 8.19. The Bertz CT molecular complexity index is 2620. The van der Waals surface area contributed by atoms with Gasteiger partial charge in [-0.2, -0.15) is 0 Å². The van der Waals surface area contributed by atoms with Gasteiger partial charge < -0.3 is 4.90 Å². The summed E-state index contributed by atoms with van der Waals surface area (Å²) in [6, 6.07) is 75.3. The minimum absolute atomic E-state index is 0.245. The fourth-order valence-corrected chi connectivity index (χ4v) is 8.04. The fourth-order valence-electron chi connectivity index (χ4n) is 8.04. The maximum atomic E-state index is 4.67. The molecule has 0 radical (unpaired) electrons. The molecule has 0 fully saturated rings. The summed E-state index contributed by atoms with van der Waals surface area (Å²) in [7, 11) is 0. The first-order valence-corrected chi connectivity index (χ1v) is 18.7. The molecule has 0 amide bonds. The van der Waals surface area contributed by atoms with Crippen molar-refractivity contribution in [2.24, 2.45) is 0 Å². The molecule has 1 aromatic heterocycles. The maximum absolute atomic E-state index is 4.67. The molecule has 9 aromatic rings. The van der Waals surface area contributed by atoms with E-state index >= 15 is 0 Å². The molecule has 0 bridgehead atoms. The van der Waals surface area contributed by atoms with Gasteiger partial charge in [-0.15, -0.1) is 10.2 Å². The summed E-state index contributed by atoms with van der Waals surface area (Å²) in [6.07, 6.45) is 0. The summed E-state index contributed by atoms with van der Waals surface area (Å²) >= 11 is 0. The minimum atomic E-state index is 0.245. The first kappa shape index (κ1) is 32.4. The van der Waals surface area contributed by atoms with Crippen molar-refractivity contribution in [1.29, 1.82) is 0 Å². The zero-order valence-corrected chi connectivity index (χ0v) is 30.1. The molecule has 55 heavy (non-hydrogen) atoms. The third-order valence-electron chi connectivity index (χ3n) is 10.6. The number of rotatable bonds is 8. The van der Waals surface area contributed by atoms with Gasteiger partial charge in [0.15, 0.2) is 11.6 Å². The van der Waals surface area contributed by atoms with Gasteiger partial charge in [0.1, 0.15) is 0 Å². The van der Waals surface area contributed by atoms with Crippen LogP contribution in [0.4, 0.5) is 17.1 Å². The Morgan fingerprint density at radius 1 is 0.345 bits per heavy atom. The van der Waals surface area contributed by atoms with Crippen molar-refractivity contribution in [1.82, 2.24) is 14.8 Å². The Hall–Kier alpha value is -7.30. The molecular formula is C51H36N4. The lowest BCUT2D eigenvalue weighted by Crippen LogP contribution is -2.10. The topological polar surface area (TPSA) is 34.0 Å². The van der Waals surface area contributed by atoms with Crippen LogP contribution in [0.1, 0.15) is 22.6 Å². The van der Waals surface area contributed by atoms with Crippen LogP contribution in [0.2, 0.25) is 0 Å². The van der Waals surface area contributed by atoms with E-state index in [9.17, 15) is 0 Å². The summed E-state index contributed by atoms with van der Waals surface area (Å²) in [4.78, 5) is 2.30. The van der Waals surface area contributed by atoms with Gasteiger partial charge in [0.25, 0.3) is 0 Å². The Morgan fingerprint density at radius 3 is 1.25 bits per heavy atom. The second-order valence-corrected chi connectivity index (χ2v) is 13.9. The van der Waals surface area contributed by atoms with Crippen molar-refractivity contribution in [2.75, 3.05) is 4.90 Å². The number of anilines is 3. The number of nitrogens with zero attached hydrogens (tertiary/aromatic N) is 4. The monoisotopic (exact) mass is 704 g/mol. The van der Waals surface area contributed by atoms with Crippen molar-refractivity contribution in [3.63, 3.8) is 0 Å². The number of benzene rings is 8. The van der Waals surface area contributed by atoms with Gasteiger partial charge in [0.2, 0.25) is 0 Å². The molecule has 1 aliphatic carbocycles. The second-order valence-electron chi connectivity index (χ2n) is 13.9. The third-order valence-corrected chi connectivity index (χ3v) is 10.6. The summed E-state index contributed by atoms with van der Waals surface area (Å²) in [5.41, 5.74) is 15.4.